The third-order valence-corrected chi connectivity index (χ3v) is 5.73. The van der Waals surface area contributed by atoms with Crippen molar-refractivity contribution in [1.29, 1.82) is 0 Å². The van der Waals surface area contributed by atoms with Gasteiger partial charge in [-0.3, -0.25) is 13.8 Å². The molecule has 2 aromatic carbocycles. The molecular weight excluding hydrogens is 410 g/mol. The van der Waals surface area contributed by atoms with Crippen LogP contribution in [0.3, 0.4) is 0 Å². The summed E-state index contributed by atoms with van der Waals surface area (Å²) in [6, 6.07) is 14.9. The molecule has 7 nitrogen and oxygen atoms in total. The summed E-state index contributed by atoms with van der Waals surface area (Å²) in [6.07, 6.45) is 1.68. The SMILES string of the molecule is Cn1c(=O)c2ccccc2n2c(SCc3ncc(-c4cccc(Cl)c4)o3)nnc12. The van der Waals surface area contributed by atoms with Gasteiger partial charge < -0.3 is 4.42 Å². The van der Waals surface area contributed by atoms with Crippen molar-refractivity contribution in [3.8, 4) is 11.3 Å². The summed E-state index contributed by atoms with van der Waals surface area (Å²) in [5.41, 5.74) is 1.54. The van der Waals surface area contributed by atoms with Crippen molar-refractivity contribution < 1.29 is 4.42 Å². The largest absolute Gasteiger partial charge is 0.440 e. The van der Waals surface area contributed by atoms with Crippen molar-refractivity contribution in [2.45, 2.75) is 10.9 Å². The first-order chi connectivity index (χ1) is 14.1. The van der Waals surface area contributed by atoms with E-state index >= 15 is 0 Å². The predicted molar refractivity (Wildman–Crippen MR) is 112 cm³/mol. The molecule has 0 N–H and O–H groups in total. The van der Waals surface area contributed by atoms with Gasteiger partial charge in [0.1, 0.15) is 0 Å². The molecule has 0 saturated heterocycles. The molecule has 9 heteroatoms. The highest BCUT2D eigenvalue weighted by Gasteiger charge is 2.16. The van der Waals surface area contributed by atoms with Crippen LogP contribution in [0, 0.1) is 0 Å². The number of para-hydroxylation sites is 1. The summed E-state index contributed by atoms with van der Waals surface area (Å²) in [6.45, 7) is 0. The van der Waals surface area contributed by atoms with Gasteiger partial charge in [0.25, 0.3) is 5.56 Å². The molecule has 0 bridgehead atoms. The molecule has 5 rings (SSSR count). The Morgan fingerprint density at radius 1 is 1.14 bits per heavy atom. The molecule has 29 heavy (non-hydrogen) atoms. The minimum Gasteiger partial charge on any atom is -0.440 e. The van der Waals surface area contributed by atoms with E-state index in [9.17, 15) is 4.79 Å². The van der Waals surface area contributed by atoms with E-state index in [1.165, 1.54) is 16.3 Å². The number of hydrogen-bond donors (Lipinski definition) is 0. The summed E-state index contributed by atoms with van der Waals surface area (Å²) in [5.74, 6) is 2.18. The average Bonchev–Trinajstić information content (AvgIpc) is 3.38. The first-order valence-electron chi connectivity index (χ1n) is 8.78. The van der Waals surface area contributed by atoms with Crippen molar-refractivity contribution in [2.24, 2.45) is 7.05 Å². The number of rotatable bonds is 4. The lowest BCUT2D eigenvalue weighted by Crippen LogP contribution is -2.20. The fraction of sp³-hybridized carbons (Fsp3) is 0.100. The summed E-state index contributed by atoms with van der Waals surface area (Å²) < 4.78 is 9.24. The number of benzene rings is 2. The molecule has 0 amide bonds. The van der Waals surface area contributed by atoms with Gasteiger partial charge in [-0.05, 0) is 24.3 Å². The van der Waals surface area contributed by atoms with Gasteiger partial charge in [-0.1, -0.05) is 47.6 Å². The van der Waals surface area contributed by atoms with Crippen molar-refractivity contribution in [1.82, 2.24) is 24.1 Å². The minimum atomic E-state index is -0.101. The van der Waals surface area contributed by atoms with Gasteiger partial charge in [0, 0.05) is 17.6 Å². The van der Waals surface area contributed by atoms with Crippen LogP contribution in [-0.2, 0) is 12.8 Å². The molecule has 0 spiro atoms. The fourth-order valence-electron chi connectivity index (χ4n) is 3.18. The third-order valence-electron chi connectivity index (χ3n) is 4.58. The zero-order chi connectivity index (χ0) is 20.0. The molecule has 5 aromatic rings. The number of aryl methyl sites for hydroxylation is 1. The number of hydrogen-bond acceptors (Lipinski definition) is 6. The minimum absolute atomic E-state index is 0.101. The highest BCUT2D eigenvalue weighted by molar-refractivity contribution is 7.98. The van der Waals surface area contributed by atoms with Gasteiger partial charge in [-0.2, -0.15) is 0 Å². The summed E-state index contributed by atoms with van der Waals surface area (Å²) in [5, 5.41) is 10.4. The number of halogens is 1. The van der Waals surface area contributed by atoms with E-state index in [0.29, 0.717) is 38.7 Å². The lowest BCUT2D eigenvalue weighted by molar-refractivity contribution is 0.530. The van der Waals surface area contributed by atoms with E-state index in [1.807, 2.05) is 46.9 Å². The second-order valence-corrected chi connectivity index (χ2v) is 7.80. The van der Waals surface area contributed by atoms with Crippen LogP contribution in [0.4, 0.5) is 0 Å². The van der Waals surface area contributed by atoms with Gasteiger partial charge in [0.15, 0.2) is 10.9 Å². The number of thioether (sulfide) groups is 1. The molecule has 0 aliphatic carbocycles. The predicted octanol–water partition coefficient (Wildman–Crippen LogP) is 4.18. The third kappa shape index (κ3) is 3.10. The highest BCUT2D eigenvalue weighted by atomic mass is 35.5. The van der Waals surface area contributed by atoms with Gasteiger partial charge >= 0.3 is 0 Å². The van der Waals surface area contributed by atoms with Gasteiger partial charge in [0.2, 0.25) is 11.7 Å². The second kappa shape index (κ2) is 7.06. The smallest absolute Gasteiger partial charge is 0.262 e. The van der Waals surface area contributed by atoms with Crippen LogP contribution in [0.2, 0.25) is 5.02 Å². The van der Waals surface area contributed by atoms with Crippen LogP contribution >= 0.6 is 23.4 Å². The Morgan fingerprint density at radius 3 is 2.86 bits per heavy atom. The molecule has 144 valence electrons. The monoisotopic (exact) mass is 423 g/mol. The normalized spacial score (nSPS) is 11.5. The molecule has 0 unspecified atom stereocenters. The van der Waals surface area contributed by atoms with E-state index in [4.69, 9.17) is 16.0 Å². The Morgan fingerprint density at radius 2 is 2.00 bits per heavy atom. The van der Waals surface area contributed by atoms with Crippen LogP contribution in [0.5, 0.6) is 0 Å². The number of aromatic nitrogens is 5. The maximum atomic E-state index is 12.5. The van der Waals surface area contributed by atoms with E-state index < -0.39 is 0 Å². The molecule has 0 saturated carbocycles. The number of oxazole rings is 1. The lowest BCUT2D eigenvalue weighted by atomic mass is 10.2. The molecule has 0 atom stereocenters. The van der Waals surface area contributed by atoms with Gasteiger partial charge in [0.05, 0.1) is 22.9 Å². The van der Waals surface area contributed by atoms with Crippen molar-refractivity contribution in [2.75, 3.05) is 0 Å². The quantitative estimate of drug-likeness (QED) is 0.403. The average molecular weight is 424 g/mol. The van der Waals surface area contributed by atoms with E-state index in [2.05, 4.69) is 15.2 Å². The Labute approximate surface area is 174 Å². The maximum absolute atomic E-state index is 12.5. The summed E-state index contributed by atoms with van der Waals surface area (Å²) in [4.78, 5) is 16.9. The first-order valence-corrected chi connectivity index (χ1v) is 10.1. The van der Waals surface area contributed by atoms with E-state index in [-0.39, 0.29) is 5.56 Å². The molecule has 3 aromatic heterocycles. The van der Waals surface area contributed by atoms with Crippen LogP contribution in [0.15, 0.2) is 69.1 Å². The molecule has 0 aliphatic rings. The second-order valence-electron chi connectivity index (χ2n) is 6.42. The van der Waals surface area contributed by atoms with Crippen LogP contribution in [-0.4, -0.2) is 24.1 Å². The zero-order valence-corrected chi connectivity index (χ0v) is 16.8. The Bertz CT molecular complexity index is 1420. The van der Waals surface area contributed by atoms with Gasteiger partial charge in [-0.15, -0.1) is 10.2 Å². The maximum Gasteiger partial charge on any atom is 0.262 e. The summed E-state index contributed by atoms with van der Waals surface area (Å²) >= 11 is 7.49. The Kier molecular flexibility index (Phi) is 4.37. The summed E-state index contributed by atoms with van der Waals surface area (Å²) in [7, 11) is 1.69. The molecule has 3 heterocycles. The Balaban J connectivity index is 1.49. The van der Waals surface area contributed by atoms with Crippen molar-refractivity contribution >= 4 is 40.0 Å². The highest BCUT2D eigenvalue weighted by Crippen LogP contribution is 2.27. The zero-order valence-electron chi connectivity index (χ0n) is 15.2. The van der Waals surface area contributed by atoms with Crippen LogP contribution in [0.1, 0.15) is 5.89 Å². The van der Waals surface area contributed by atoms with Crippen LogP contribution < -0.4 is 5.56 Å². The van der Waals surface area contributed by atoms with Crippen molar-refractivity contribution in [3.05, 3.63) is 76.0 Å². The molecule has 0 fully saturated rings. The van der Waals surface area contributed by atoms with Gasteiger partial charge in [-0.25, -0.2) is 4.98 Å². The Hall–Kier alpha value is -3.10. The topological polar surface area (TPSA) is 78.2 Å². The fourth-order valence-corrected chi connectivity index (χ4v) is 4.17. The molecule has 0 aliphatic heterocycles. The lowest BCUT2D eigenvalue weighted by Gasteiger charge is -2.06. The molecular formula is C20H14ClN5O2S. The number of fused-ring (bicyclic) bond motifs is 3. The first kappa shape index (κ1) is 18.0. The van der Waals surface area contributed by atoms with Crippen molar-refractivity contribution in [3.63, 3.8) is 0 Å². The molecule has 0 radical (unpaired) electrons. The van der Waals surface area contributed by atoms with E-state index in [0.717, 1.165) is 11.1 Å². The number of nitrogens with zero attached hydrogens (tertiary/aromatic N) is 5. The van der Waals surface area contributed by atoms with E-state index in [1.54, 1.807) is 19.3 Å². The standard InChI is InChI=1S/C20H14ClN5O2S/c1-25-18(27)14-7-2-3-8-15(14)26-19(25)23-24-20(26)29-11-17-22-10-16(28-17)12-5-4-6-13(21)9-12/h2-10H,11H2,1H3. The van der Waals surface area contributed by atoms with Crippen LogP contribution in [0.25, 0.3) is 28.0 Å².